The molecular weight excluding hydrogens is 326 g/mol. The third kappa shape index (κ3) is 21.2. The van der Waals surface area contributed by atoms with E-state index in [1.54, 1.807) is 7.11 Å². The maximum absolute atomic E-state index is 10.0. The van der Waals surface area contributed by atoms with Gasteiger partial charge in [-0.3, -0.25) is 0 Å². The first-order valence-corrected chi connectivity index (χ1v) is 9.21. The number of ether oxygens (including phenoxy) is 4. The minimum Gasteiger partial charge on any atom is -0.550 e. The first-order chi connectivity index (χ1) is 12.0. The lowest BCUT2D eigenvalue weighted by Gasteiger charge is -2.31. The van der Waals surface area contributed by atoms with Gasteiger partial charge in [-0.15, -0.1) is 0 Å². The number of carboxylic acid groups (broad SMARTS) is 1. The number of methoxy groups -OCH3 is 1. The molecule has 152 valence electrons. The predicted molar refractivity (Wildman–Crippen MR) is 96.4 cm³/mol. The monoisotopic (exact) mass is 365 g/mol. The lowest BCUT2D eigenvalue weighted by Crippen LogP contribution is -2.43. The molecule has 0 amide bonds. The highest BCUT2D eigenvalue weighted by Crippen LogP contribution is 2.01. The van der Waals surface area contributed by atoms with Crippen LogP contribution >= 0.6 is 0 Å². The Morgan fingerprint density at radius 1 is 0.840 bits per heavy atom. The molecule has 0 aliphatic rings. The lowest BCUT2D eigenvalue weighted by atomic mass is 10.3. The van der Waals surface area contributed by atoms with Gasteiger partial charge in [-0.2, -0.15) is 0 Å². The highest BCUT2D eigenvalue weighted by molar-refractivity contribution is 5.64. The number of hydrogen-bond donors (Lipinski definition) is 0. The summed E-state index contributed by atoms with van der Waals surface area (Å²) in [6, 6.07) is 0. The fraction of sp³-hybridized carbons (Fsp3) is 0.944. The molecule has 0 unspecified atom stereocenters. The molecule has 0 aliphatic heterocycles. The topological polar surface area (TPSA) is 77.0 Å². The van der Waals surface area contributed by atoms with E-state index in [1.165, 1.54) is 30.5 Å². The number of carbonyl (C=O) groups is 1. The van der Waals surface area contributed by atoms with Gasteiger partial charge in [0.1, 0.15) is 0 Å². The van der Waals surface area contributed by atoms with Crippen LogP contribution in [0.15, 0.2) is 0 Å². The van der Waals surface area contributed by atoms with E-state index >= 15 is 0 Å². The molecule has 0 N–H and O–H groups in total. The number of carbonyl (C=O) groups excluding carboxylic acids is 1. The first-order valence-electron chi connectivity index (χ1n) is 9.21. The fourth-order valence-electron chi connectivity index (χ4n) is 1.92. The molecule has 0 atom stereocenters. The van der Waals surface area contributed by atoms with Crippen molar-refractivity contribution >= 4 is 5.97 Å². The molecule has 0 saturated heterocycles. The molecule has 0 heterocycles. The number of aliphatic carboxylic acids is 1. The molecule has 0 fully saturated rings. The Morgan fingerprint density at radius 2 is 1.28 bits per heavy atom. The van der Waals surface area contributed by atoms with Gasteiger partial charge >= 0.3 is 0 Å². The van der Waals surface area contributed by atoms with Crippen molar-refractivity contribution in [1.29, 1.82) is 0 Å². The summed E-state index contributed by atoms with van der Waals surface area (Å²) < 4.78 is 21.3. The molecule has 0 bridgehead atoms. The van der Waals surface area contributed by atoms with E-state index < -0.39 is 5.97 Å². The summed E-state index contributed by atoms with van der Waals surface area (Å²) in [5, 5.41) is 10.0. The maximum Gasteiger partial charge on any atom is 0.0781 e. The van der Waals surface area contributed by atoms with Crippen molar-refractivity contribution < 1.29 is 33.3 Å². The van der Waals surface area contributed by atoms with Crippen molar-refractivity contribution in [3.05, 3.63) is 0 Å². The van der Waals surface area contributed by atoms with Crippen LogP contribution in [0, 0.1) is 0 Å². The molecule has 0 aromatic heterocycles. The van der Waals surface area contributed by atoms with E-state index in [1.807, 2.05) is 0 Å². The minimum atomic E-state index is -1.10. The van der Waals surface area contributed by atoms with Crippen LogP contribution in [-0.2, 0) is 23.7 Å². The van der Waals surface area contributed by atoms with Gasteiger partial charge < -0.3 is 33.3 Å². The molecule has 0 aliphatic carbocycles. The second-order valence-electron chi connectivity index (χ2n) is 5.93. The highest BCUT2D eigenvalue weighted by atomic mass is 16.6. The zero-order valence-corrected chi connectivity index (χ0v) is 16.9. The molecule has 0 saturated carbocycles. The van der Waals surface area contributed by atoms with Crippen molar-refractivity contribution in [3.8, 4) is 0 Å². The standard InChI is InChI=1S/C10H20O6.C8H20N/c1-13-4-5-15-8-9-16-7-6-14-3-2-10(11)12;1-5-8-9(4,6-2)7-3/h2-9H2,1H3,(H,11,12);5-8H2,1-4H3/q;+1/p-1. The van der Waals surface area contributed by atoms with Crippen molar-refractivity contribution in [1.82, 2.24) is 0 Å². The Balaban J connectivity index is 0. The normalized spacial score (nSPS) is 11.1. The van der Waals surface area contributed by atoms with Crippen LogP contribution < -0.4 is 5.11 Å². The summed E-state index contributed by atoms with van der Waals surface area (Å²) in [6.45, 7) is 13.8. The van der Waals surface area contributed by atoms with Crippen LogP contribution in [0.4, 0.5) is 0 Å². The van der Waals surface area contributed by atoms with Gasteiger partial charge in [0.15, 0.2) is 0 Å². The molecule has 7 nitrogen and oxygen atoms in total. The van der Waals surface area contributed by atoms with Gasteiger partial charge in [0, 0.05) is 19.5 Å². The number of carboxylic acids is 1. The quantitative estimate of drug-likeness (QED) is 0.296. The van der Waals surface area contributed by atoms with E-state index in [4.69, 9.17) is 18.9 Å². The van der Waals surface area contributed by atoms with Gasteiger partial charge in [-0.1, -0.05) is 6.92 Å². The van der Waals surface area contributed by atoms with Crippen LogP contribution in [0.1, 0.15) is 33.6 Å². The summed E-state index contributed by atoms with van der Waals surface area (Å²) in [4.78, 5) is 10.0. The van der Waals surface area contributed by atoms with Crippen molar-refractivity contribution in [2.75, 3.05) is 80.0 Å². The summed E-state index contributed by atoms with van der Waals surface area (Å²) in [6.07, 6.45) is 1.22. The fourth-order valence-corrected chi connectivity index (χ4v) is 1.92. The van der Waals surface area contributed by atoms with E-state index in [-0.39, 0.29) is 13.0 Å². The van der Waals surface area contributed by atoms with Crippen LogP contribution in [0.2, 0.25) is 0 Å². The smallest absolute Gasteiger partial charge is 0.0781 e. The number of rotatable bonds is 16. The summed E-state index contributed by atoms with van der Waals surface area (Å²) in [5.74, 6) is -1.10. The van der Waals surface area contributed by atoms with E-state index in [9.17, 15) is 9.90 Å². The van der Waals surface area contributed by atoms with Crippen molar-refractivity contribution in [2.24, 2.45) is 0 Å². The third-order valence-corrected chi connectivity index (χ3v) is 3.92. The molecule has 0 radical (unpaired) electrons. The van der Waals surface area contributed by atoms with Crippen molar-refractivity contribution in [2.45, 2.75) is 33.6 Å². The van der Waals surface area contributed by atoms with Gasteiger partial charge in [0.25, 0.3) is 0 Å². The molecule has 0 spiro atoms. The Morgan fingerprint density at radius 3 is 1.60 bits per heavy atom. The Hall–Kier alpha value is -0.730. The zero-order chi connectivity index (χ0) is 19.4. The highest BCUT2D eigenvalue weighted by Gasteiger charge is 2.13. The van der Waals surface area contributed by atoms with Gasteiger partial charge in [-0.05, 0) is 20.3 Å². The third-order valence-electron chi connectivity index (χ3n) is 3.92. The van der Waals surface area contributed by atoms with E-state index in [0.717, 1.165) is 0 Å². The molecule has 0 aromatic carbocycles. The molecule has 25 heavy (non-hydrogen) atoms. The Kier molecular flexibility index (Phi) is 20.8. The zero-order valence-electron chi connectivity index (χ0n) is 16.9. The summed E-state index contributed by atoms with van der Waals surface area (Å²) >= 11 is 0. The Labute approximate surface area is 153 Å². The minimum absolute atomic E-state index is 0.0832. The summed E-state index contributed by atoms with van der Waals surface area (Å²) in [5.41, 5.74) is 0. The van der Waals surface area contributed by atoms with Gasteiger partial charge in [-0.25, -0.2) is 0 Å². The van der Waals surface area contributed by atoms with Crippen molar-refractivity contribution in [3.63, 3.8) is 0 Å². The summed E-state index contributed by atoms with van der Waals surface area (Å²) in [7, 11) is 3.94. The molecule has 7 heteroatoms. The van der Waals surface area contributed by atoms with Gasteiger partial charge in [0.05, 0.1) is 72.9 Å². The van der Waals surface area contributed by atoms with E-state index in [2.05, 4.69) is 27.8 Å². The maximum atomic E-state index is 10.0. The van der Waals surface area contributed by atoms with Crippen LogP contribution in [0.25, 0.3) is 0 Å². The van der Waals surface area contributed by atoms with Gasteiger partial charge in [0.2, 0.25) is 0 Å². The number of nitrogens with zero attached hydrogens (tertiary/aromatic N) is 1. The largest absolute Gasteiger partial charge is 0.550 e. The SMILES string of the molecule is CCC[N+](C)(CC)CC.COCCOCCOCCOCCC(=O)[O-]. The average Bonchev–Trinajstić information content (AvgIpc) is 2.60. The Bertz CT molecular complexity index is 285. The first kappa shape index (κ1) is 26.5. The van der Waals surface area contributed by atoms with E-state index in [0.29, 0.717) is 39.6 Å². The van der Waals surface area contributed by atoms with Crippen LogP contribution in [0.5, 0.6) is 0 Å². The van der Waals surface area contributed by atoms with Crippen LogP contribution in [-0.4, -0.2) is 90.5 Å². The lowest BCUT2D eigenvalue weighted by molar-refractivity contribution is -0.906. The number of quaternary nitrogens is 1. The second-order valence-corrected chi connectivity index (χ2v) is 5.93. The average molecular weight is 366 g/mol. The molecular formula is C18H39NO6. The predicted octanol–water partition coefficient (Wildman–Crippen LogP) is 0.705. The molecule has 0 aromatic rings. The molecule has 0 rings (SSSR count). The number of hydrogen-bond acceptors (Lipinski definition) is 6. The second kappa shape index (κ2) is 19.6. The van der Waals surface area contributed by atoms with Crippen LogP contribution in [0.3, 0.4) is 0 Å².